The van der Waals surface area contributed by atoms with Crippen LogP contribution in [0.4, 0.5) is 4.39 Å². The number of hydrogen-bond donors (Lipinski definition) is 0. The lowest BCUT2D eigenvalue weighted by Gasteiger charge is -2.29. The van der Waals surface area contributed by atoms with E-state index in [2.05, 4.69) is 9.97 Å². The zero-order chi connectivity index (χ0) is 19.3. The lowest BCUT2D eigenvalue weighted by Crippen LogP contribution is -2.35. The van der Waals surface area contributed by atoms with Gasteiger partial charge >= 0.3 is 0 Å². The number of rotatable bonds is 7. The van der Waals surface area contributed by atoms with Gasteiger partial charge in [0.25, 0.3) is 5.91 Å². The second-order valence-corrected chi connectivity index (χ2v) is 7.27. The zero-order valence-electron chi connectivity index (χ0n) is 15.9. The Balaban J connectivity index is 1.68. The number of likely N-dealkylation sites (tertiary alicyclic amines) is 1. The molecule has 1 fully saturated rings. The second-order valence-electron chi connectivity index (χ2n) is 7.27. The molecule has 2 aromatic heterocycles. The number of aryl methyl sites for hydroxylation is 2. The molecule has 0 bridgehead atoms. The first-order valence-electron chi connectivity index (χ1n) is 9.41. The topological polar surface area (TPSA) is 55.3 Å². The fourth-order valence-corrected chi connectivity index (χ4v) is 3.55. The van der Waals surface area contributed by atoms with Crippen molar-refractivity contribution in [2.75, 3.05) is 26.3 Å². The van der Waals surface area contributed by atoms with Gasteiger partial charge in [-0.15, -0.1) is 0 Å². The molecule has 0 saturated carbocycles. The maximum atomic E-state index is 13.1. The molecular formula is C21H26FN3O2. The quantitative estimate of drug-likeness (QED) is 0.748. The van der Waals surface area contributed by atoms with Crippen molar-refractivity contribution < 1.29 is 13.9 Å². The number of pyridine rings is 2. The summed E-state index contributed by atoms with van der Waals surface area (Å²) in [6.45, 7) is 6.50. The number of carbonyl (C=O) groups excluding carboxylic acids is 1. The van der Waals surface area contributed by atoms with Crippen LogP contribution in [0, 0.1) is 18.2 Å². The van der Waals surface area contributed by atoms with Gasteiger partial charge in [0.1, 0.15) is 5.82 Å². The molecule has 0 aliphatic carbocycles. The fraction of sp³-hybridized carbons (Fsp3) is 0.476. The summed E-state index contributed by atoms with van der Waals surface area (Å²) in [5, 5.41) is 0. The maximum Gasteiger partial charge on any atom is 0.255 e. The summed E-state index contributed by atoms with van der Waals surface area (Å²) in [5.74, 6) is -0.312. The Hall–Kier alpha value is -2.34. The van der Waals surface area contributed by atoms with E-state index >= 15 is 0 Å². The number of amides is 1. The van der Waals surface area contributed by atoms with E-state index in [9.17, 15) is 9.18 Å². The Bertz CT molecular complexity index is 764. The van der Waals surface area contributed by atoms with Crippen LogP contribution < -0.4 is 0 Å². The van der Waals surface area contributed by atoms with E-state index in [1.807, 2.05) is 30.9 Å². The average Bonchev–Trinajstić information content (AvgIpc) is 3.11. The van der Waals surface area contributed by atoms with Gasteiger partial charge in [-0.2, -0.15) is 0 Å². The Morgan fingerprint density at radius 1 is 1.26 bits per heavy atom. The van der Waals surface area contributed by atoms with Gasteiger partial charge in [0.05, 0.1) is 18.4 Å². The summed E-state index contributed by atoms with van der Waals surface area (Å²) in [4.78, 5) is 23.1. The van der Waals surface area contributed by atoms with Crippen LogP contribution in [0.2, 0.25) is 0 Å². The van der Waals surface area contributed by atoms with E-state index in [1.165, 1.54) is 12.3 Å². The number of nitrogens with zero attached hydrogens (tertiary/aromatic N) is 3. The molecule has 1 atom stereocenters. The Kier molecular flexibility index (Phi) is 6.16. The molecule has 2 aromatic rings. The van der Waals surface area contributed by atoms with Crippen molar-refractivity contribution in [2.24, 2.45) is 5.41 Å². The van der Waals surface area contributed by atoms with E-state index in [-0.39, 0.29) is 17.1 Å². The highest BCUT2D eigenvalue weighted by atomic mass is 19.1. The summed E-state index contributed by atoms with van der Waals surface area (Å²) < 4.78 is 18.8. The molecule has 0 N–H and O–H groups in total. The molecule has 6 heteroatoms. The minimum atomic E-state index is -0.327. The van der Waals surface area contributed by atoms with Gasteiger partial charge in [0.15, 0.2) is 0 Å². The Morgan fingerprint density at radius 2 is 2.11 bits per heavy atom. The minimum absolute atomic E-state index is 0.0146. The van der Waals surface area contributed by atoms with Crippen LogP contribution in [-0.2, 0) is 11.2 Å². The standard InChI is InChI=1S/C21H26FN3O2/c1-3-27-15-21(9-8-19-7-6-18(22)13-24-19)10-11-25(14-21)20(26)17-5-4-16(2)23-12-17/h4-7,12-13H,3,8-11,14-15H2,1-2H3/t21-/m1/s1. The first kappa shape index (κ1) is 19.4. The molecular weight excluding hydrogens is 345 g/mol. The van der Waals surface area contributed by atoms with Crippen molar-refractivity contribution in [3.05, 3.63) is 59.4 Å². The predicted molar refractivity (Wildman–Crippen MR) is 101 cm³/mol. The molecule has 1 amide bonds. The molecule has 5 nitrogen and oxygen atoms in total. The third-order valence-corrected chi connectivity index (χ3v) is 5.20. The lowest BCUT2D eigenvalue weighted by atomic mass is 9.82. The Morgan fingerprint density at radius 3 is 2.78 bits per heavy atom. The first-order chi connectivity index (χ1) is 13.0. The first-order valence-corrected chi connectivity index (χ1v) is 9.41. The molecule has 0 aromatic carbocycles. The smallest absolute Gasteiger partial charge is 0.255 e. The van der Waals surface area contributed by atoms with E-state index in [0.717, 1.165) is 30.7 Å². The number of halogens is 1. The number of hydrogen-bond acceptors (Lipinski definition) is 4. The van der Waals surface area contributed by atoms with Gasteiger partial charge in [0.2, 0.25) is 0 Å². The number of aromatic nitrogens is 2. The van der Waals surface area contributed by atoms with Crippen LogP contribution in [-0.4, -0.2) is 47.1 Å². The number of ether oxygens (including phenoxy) is 1. The molecule has 144 valence electrons. The van der Waals surface area contributed by atoms with Gasteiger partial charge in [0, 0.05) is 42.7 Å². The number of carbonyl (C=O) groups is 1. The van der Waals surface area contributed by atoms with Gasteiger partial charge < -0.3 is 9.64 Å². The molecule has 0 unspecified atom stereocenters. The van der Waals surface area contributed by atoms with Gasteiger partial charge in [-0.05, 0) is 57.4 Å². The second kappa shape index (κ2) is 8.57. The summed E-state index contributed by atoms with van der Waals surface area (Å²) in [6, 6.07) is 6.85. The third kappa shape index (κ3) is 4.89. The normalized spacial score (nSPS) is 19.4. The molecule has 3 heterocycles. The molecule has 27 heavy (non-hydrogen) atoms. The minimum Gasteiger partial charge on any atom is -0.381 e. The molecule has 1 aliphatic heterocycles. The summed E-state index contributed by atoms with van der Waals surface area (Å²) in [5.41, 5.74) is 2.28. The highest BCUT2D eigenvalue weighted by Gasteiger charge is 2.40. The largest absolute Gasteiger partial charge is 0.381 e. The van der Waals surface area contributed by atoms with Gasteiger partial charge in [-0.1, -0.05) is 0 Å². The van der Waals surface area contributed by atoms with Crippen LogP contribution in [0.3, 0.4) is 0 Å². The van der Waals surface area contributed by atoms with Crippen molar-refractivity contribution in [1.29, 1.82) is 0 Å². The monoisotopic (exact) mass is 371 g/mol. The summed E-state index contributed by atoms with van der Waals surface area (Å²) >= 11 is 0. The highest BCUT2D eigenvalue weighted by Crippen LogP contribution is 2.36. The van der Waals surface area contributed by atoms with Crippen LogP contribution in [0.25, 0.3) is 0 Å². The summed E-state index contributed by atoms with van der Waals surface area (Å²) in [7, 11) is 0. The third-order valence-electron chi connectivity index (χ3n) is 5.20. The molecule has 3 rings (SSSR count). The fourth-order valence-electron chi connectivity index (χ4n) is 3.55. The average molecular weight is 371 g/mol. The van der Waals surface area contributed by atoms with Crippen LogP contribution in [0.5, 0.6) is 0 Å². The van der Waals surface area contributed by atoms with Crippen LogP contribution in [0.15, 0.2) is 36.7 Å². The zero-order valence-corrected chi connectivity index (χ0v) is 15.9. The lowest BCUT2D eigenvalue weighted by molar-refractivity contribution is 0.0464. The SMILES string of the molecule is CCOC[C@]1(CCc2ccc(F)cn2)CCN(C(=O)c2ccc(C)nc2)C1. The van der Waals surface area contributed by atoms with Crippen molar-refractivity contribution in [2.45, 2.75) is 33.1 Å². The van der Waals surface area contributed by atoms with Crippen LogP contribution in [0.1, 0.15) is 41.5 Å². The molecule has 0 spiro atoms. The molecule has 0 radical (unpaired) electrons. The van der Waals surface area contributed by atoms with Gasteiger partial charge in [-0.25, -0.2) is 4.39 Å². The van der Waals surface area contributed by atoms with Crippen molar-refractivity contribution in [3.8, 4) is 0 Å². The van der Waals surface area contributed by atoms with E-state index < -0.39 is 0 Å². The predicted octanol–water partition coefficient (Wildman–Crippen LogP) is 3.43. The van der Waals surface area contributed by atoms with Crippen LogP contribution >= 0.6 is 0 Å². The molecule has 1 saturated heterocycles. The van der Waals surface area contributed by atoms with E-state index in [0.29, 0.717) is 31.9 Å². The van der Waals surface area contributed by atoms with E-state index in [4.69, 9.17) is 4.74 Å². The summed E-state index contributed by atoms with van der Waals surface area (Å²) in [6.07, 6.45) is 5.37. The van der Waals surface area contributed by atoms with Crippen molar-refractivity contribution in [3.63, 3.8) is 0 Å². The Labute approximate surface area is 159 Å². The highest BCUT2D eigenvalue weighted by molar-refractivity contribution is 5.94. The van der Waals surface area contributed by atoms with E-state index in [1.54, 1.807) is 12.3 Å². The van der Waals surface area contributed by atoms with Crippen molar-refractivity contribution in [1.82, 2.24) is 14.9 Å². The maximum absolute atomic E-state index is 13.1. The molecule has 1 aliphatic rings. The van der Waals surface area contributed by atoms with Crippen molar-refractivity contribution >= 4 is 5.91 Å². The van der Waals surface area contributed by atoms with Gasteiger partial charge in [-0.3, -0.25) is 14.8 Å².